The van der Waals surface area contributed by atoms with E-state index in [1.54, 1.807) is 65.6 Å². The van der Waals surface area contributed by atoms with Crippen LogP contribution in [0.25, 0.3) is 0 Å². The van der Waals surface area contributed by atoms with Gasteiger partial charge in [-0.25, -0.2) is 4.79 Å². The minimum Gasteiger partial charge on any atom is -0.452 e. The summed E-state index contributed by atoms with van der Waals surface area (Å²) < 4.78 is 5.16. The van der Waals surface area contributed by atoms with E-state index >= 15 is 0 Å². The Hall–Kier alpha value is -4.79. The monoisotopic (exact) mass is 497 g/mol. The second-order valence-corrected chi connectivity index (χ2v) is 8.77. The first-order chi connectivity index (χ1) is 17.9. The standard InChI is InChI=1S/C28H23N3O6/c32-24(29-20-8-4-9-21(15-20)30-13-5-12-25(30)33)17-37-28(36)19-7-3-6-18(14-19)16-31-26(34)22-10-1-2-11-23(22)27(31)35/h1-4,6-11,14-15H,5,12-13,16-17H2,(H,29,32). The number of hydrogen-bond donors (Lipinski definition) is 1. The maximum absolute atomic E-state index is 12.6. The molecule has 0 bridgehead atoms. The largest absolute Gasteiger partial charge is 0.452 e. The van der Waals surface area contributed by atoms with Crippen molar-refractivity contribution in [3.05, 3.63) is 95.1 Å². The molecule has 1 fully saturated rings. The fraction of sp³-hybridized carbons (Fsp3) is 0.179. The summed E-state index contributed by atoms with van der Waals surface area (Å²) in [5, 5.41) is 2.67. The zero-order valence-electron chi connectivity index (χ0n) is 19.8. The van der Waals surface area contributed by atoms with Gasteiger partial charge in [0.2, 0.25) is 5.91 Å². The number of ether oxygens (including phenoxy) is 1. The SMILES string of the molecule is O=C(COC(=O)c1cccc(CN2C(=O)c3ccccc3C2=O)c1)Nc1cccc(N2CCCC2=O)c1. The maximum atomic E-state index is 12.6. The molecule has 2 heterocycles. The summed E-state index contributed by atoms with van der Waals surface area (Å²) in [6.45, 7) is 0.137. The molecule has 9 heteroatoms. The van der Waals surface area contributed by atoms with Gasteiger partial charge in [-0.2, -0.15) is 0 Å². The van der Waals surface area contributed by atoms with Gasteiger partial charge in [-0.3, -0.25) is 24.1 Å². The van der Waals surface area contributed by atoms with Crippen LogP contribution in [0.2, 0.25) is 0 Å². The Morgan fingerprint density at radius 2 is 1.59 bits per heavy atom. The van der Waals surface area contributed by atoms with Crippen molar-refractivity contribution in [3.8, 4) is 0 Å². The van der Waals surface area contributed by atoms with Crippen LogP contribution in [0.3, 0.4) is 0 Å². The average molecular weight is 498 g/mol. The quantitative estimate of drug-likeness (QED) is 0.395. The molecule has 0 aromatic heterocycles. The zero-order valence-corrected chi connectivity index (χ0v) is 19.8. The summed E-state index contributed by atoms with van der Waals surface area (Å²) in [6.07, 6.45) is 1.30. The average Bonchev–Trinajstić information content (AvgIpc) is 3.44. The molecule has 4 amide bonds. The van der Waals surface area contributed by atoms with Crippen LogP contribution in [0.4, 0.5) is 11.4 Å². The van der Waals surface area contributed by atoms with Crippen molar-refractivity contribution in [1.82, 2.24) is 4.90 Å². The Kier molecular flexibility index (Phi) is 6.51. The molecule has 5 rings (SSSR count). The van der Waals surface area contributed by atoms with Crippen LogP contribution in [-0.4, -0.2) is 47.6 Å². The molecule has 0 atom stereocenters. The van der Waals surface area contributed by atoms with E-state index in [1.807, 2.05) is 0 Å². The predicted octanol–water partition coefficient (Wildman–Crippen LogP) is 3.41. The van der Waals surface area contributed by atoms with E-state index < -0.39 is 18.5 Å². The number of nitrogens with one attached hydrogen (secondary N) is 1. The fourth-order valence-electron chi connectivity index (χ4n) is 4.45. The van der Waals surface area contributed by atoms with Crippen molar-refractivity contribution < 1.29 is 28.7 Å². The lowest BCUT2D eigenvalue weighted by atomic mass is 10.1. The second kappa shape index (κ2) is 10.1. The van der Waals surface area contributed by atoms with Crippen LogP contribution in [0.1, 0.15) is 49.5 Å². The van der Waals surface area contributed by atoms with Gasteiger partial charge in [-0.1, -0.05) is 30.3 Å². The summed E-state index contributed by atoms with van der Waals surface area (Å²) in [5.41, 5.74) is 2.66. The Morgan fingerprint density at radius 3 is 2.30 bits per heavy atom. The highest BCUT2D eigenvalue weighted by Gasteiger charge is 2.35. The molecular weight excluding hydrogens is 474 g/mol. The van der Waals surface area contributed by atoms with Gasteiger partial charge in [-0.15, -0.1) is 0 Å². The lowest BCUT2D eigenvalue weighted by molar-refractivity contribution is -0.119. The molecule has 37 heavy (non-hydrogen) atoms. The number of rotatable bonds is 7. The molecule has 2 aliphatic rings. The first-order valence-corrected chi connectivity index (χ1v) is 11.8. The summed E-state index contributed by atoms with van der Waals surface area (Å²) >= 11 is 0. The number of nitrogens with zero attached hydrogens (tertiary/aromatic N) is 2. The minimum absolute atomic E-state index is 0.00378. The van der Waals surface area contributed by atoms with Gasteiger partial charge in [0.1, 0.15) is 0 Å². The summed E-state index contributed by atoms with van der Waals surface area (Å²) in [5.74, 6) is -1.97. The van der Waals surface area contributed by atoms with E-state index in [0.717, 1.165) is 11.3 Å². The molecule has 0 aliphatic carbocycles. The third-order valence-electron chi connectivity index (χ3n) is 6.23. The summed E-state index contributed by atoms with van der Waals surface area (Å²) in [7, 11) is 0. The minimum atomic E-state index is -0.712. The number of benzene rings is 3. The zero-order chi connectivity index (χ0) is 25.9. The molecule has 0 radical (unpaired) electrons. The molecule has 0 spiro atoms. The van der Waals surface area contributed by atoms with E-state index in [0.29, 0.717) is 41.0 Å². The van der Waals surface area contributed by atoms with Gasteiger partial charge in [0.05, 0.1) is 23.2 Å². The van der Waals surface area contributed by atoms with Crippen molar-refractivity contribution >= 4 is 41.0 Å². The number of fused-ring (bicyclic) bond motifs is 1. The number of hydrogen-bond acceptors (Lipinski definition) is 6. The van der Waals surface area contributed by atoms with Gasteiger partial charge >= 0.3 is 5.97 Å². The Morgan fingerprint density at radius 1 is 0.865 bits per heavy atom. The third kappa shape index (κ3) is 4.97. The molecule has 9 nitrogen and oxygen atoms in total. The molecule has 2 aliphatic heterocycles. The van der Waals surface area contributed by atoms with E-state index in [2.05, 4.69) is 5.32 Å². The van der Waals surface area contributed by atoms with Gasteiger partial charge < -0.3 is 15.0 Å². The van der Waals surface area contributed by atoms with E-state index in [4.69, 9.17) is 4.74 Å². The van der Waals surface area contributed by atoms with Gasteiger partial charge in [-0.05, 0) is 54.4 Å². The molecule has 0 saturated carbocycles. The van der Waals surface area contributed by atoms with Crippen LogP contribution < -0.4 is 10.2 Å². The van der Waals surface area contributed by atoms with Gasteiger partial charge in [0.15, 0.2) is 6.61 Å². The van der Waals surface area contributed by atoms with E-state index in [1.165, 1.54) is 12.1 Å². The Balaban J connectivity index is 1.18. The topological polar surface area (TPSA) is 113 Å². The number of esters is 1. The van der Waals surface area contributed by atoms with Gasteiger partial charge in [0.25, 0.3) is 17.7 Å². The van der Waals surface area contributed by atoms with Crippen LogP contribution in [0.15, 0.2) is 72.8 Å². The van der Waals surface area contributed by atoms with Crippen LogP contribution in [-0.2, 0) is 20.9 Å². The number of anilines is 2. The lowest BCUT2D eigenvalue weighted by Gasteiger charge is -2.16. The molecule has 3 aromatic rings. The van der Waals surface area contributed by atoms with Gasteiger partial charge in [0, 0.05) is 24.3 Å². The highest BCUT2D eigenvalue weighted by Crippen LogP contribution is 2.25. The predicted molar refractivity (Wildman–Crippen MR) is 134 cm³/mol. The fourth-order valence-corrected chi connectivity index (χ4v) is 4.45. The van der Waals surface area contributed by atoms with Crippen LogP contribution >= 0.6 is 0 Å². The van der Waals surface area contributed by atoms with Crippen molar-refractivity contribution in [2.45, 2.75) is 19.4 Å². The van der Waals surface area contributed by atoms with Crippen LogP contribution in [0, 0.1) is 0 Å². The maximum Gasteiger partial charge on any atom is 0.338 e. The van der Waals surface area contributed by atoms with Crippen molar-refractivity contribution in [1.29, 1.82) is 0 Å². The third-order valence-corrected chi connectivity index (χ3v) is 6.23. The molecule has 1 saturated heterocycles. The van der Waals surface area contributed by atoms with Crippen molar-refractivity contribution in [3.63, 3.8) is 0 Å². The number of carbonyl (C=O) groups is 5. The number of amides is 4. The Bertz CT molecular complexity index is 1400. The number of carbonyl (C=O) groups excluding carboxylic acids is 5. The molecule has 1 N–H and O–H groups in total. The summed E-state index contributed by atoms with van der Waals surface area (Å²) in [4.78, 5) is 65.0. The highest BCUT2D eigenvalue weighted by atomic mass is 16.5. The van der Waals surface area contributed by atoms with Crippen molar-refractivity contribution in [2.75, 3.05) is 23.4 Å². The normalized spacial score (nSPS) is 14.6. The van der Waals surface area contributed by atoms with Crippen LogP contribution in [0.5, 0.6) is 0 Å². The van der Waals surface area contributed by atoms with E-state index in [-0.39, 0.29) is 29.8 Å². The number of imide groups is 1. The summed E-state index contributed by atoms with van der Waals surface area (Å²) in [6, 6.07) is 19.9. The first-order valence-electron chi connectivity index (χ1n) is 11.8. The van der Waals surface area contributed by atoms with E-state index in [9.17, 15) is 24.0 Å². The lowest BCUT2D eigenvalue weighted by Crippen LogP contribution is -2.29. The second-order valence-electron chi connectivity index (χ2n) is 8.77. The van der Waals surface area contributed by atoms with Crippen molar-refractivity contribution in [2.24, 2.45) is 0 Å². The molecular formula is C28H23N3O6. The molecule has 186 valence electrons. The molecule has 3 aromatic carbocycles. The Labute approximate surface area is 212 Å². The highest BCUT2D eigenvalue weighted by molar-refractivity contribution is 6.21. The smallest absolute Gasteiger partial charge is 0.338 e. The molecule has 0 unspecified atom stereocenters. The first kappa shape index (κ1) is 23.9.